The molecule has 150 valence electrons. The van der Waals surface area contributed by atoms with Gasteiger partial charge in [0.2, 0.25) is 0 Å². The summed E-state index contributed by atoms with van der Waals surface area (Å²) in [5, 5.41) is 5.17. The summed E-state index contributed by atoms with van der Waals surface area (Å²) < 4.78 is 11.0. The van der Waals surface area contributed by atoms with Crippen LogP contribution >= 0.6 is 0 Å². The van der Waals surface area contributed by atoms with Crippen molar-refractivity contribution in [2.45, 2.75) is 13.1 Å². The first kappa shape index (κ1) is 19.4. The number of ether oxygens (including phenoxy) is 2. The molecule has 5 heteroatoms. The molecule has 1 aliphatic heterocycles. The van der Waals surface area contributed by atoms with Crippen molar-refractivity contribution in [3.8, 4) is 5.75 Å². The van der Waals surface area contributed by atoms with Crippen LogP contribution in [-0.2, 0) is 22.6 Å². The minimum atomic E-state index is -0.129. The highest BCUT2D eigenvalue weighted by Crippen LogP contribution is 2.20. The lowest BCUT2D eigenvalue weighted by atomic mass is 10.1. The second-order valence-electron chi connectivity index (χ2n) is 7.28. The van der Waals surface area contributed by atoms with Gasteiger partial charge in [-0.15, -0.1) is 0 Å². The maximum atomic E-state index is 12.1. The zero-order chi connectivity index (χ0) is 19.9. The van der Waals surface area contributed by atoms with E-state index in [0.717, 1.165) is 49.2 Å². The largest absolute Gasteiger partial charge is 0.484 e. The van der Waals surface area contributed by atoms with E-state index < -0.39 is 0 Å². The van der Waals surface area contributed by atoms with Gasteiger partial charge in [0.25, 0.3) is 5.91 Å². The molecule has 1 fully saturated rings. The quantitative estimate of drug-likeness (QED) is 0.672. The maximum Gasteiger partial charge on any atom is 0.258 e. The summed E-state index contributed by atoms with van der Waals surface area (Å²) in [6.07, 6.45) is 0. The standard InChI is InChI=1S/C24H26N2O3/c27-24(18-29-23-10-9-21-3-1-2-4-22(21)15-23)25-16-19-5-7-20(8-6-19)17-26-11-13-28-14-12-26/h1-10,15H,11-14,16-18H2,(H,25,27). The monoisotopic (exact) mass is 390 g/mol. The van der Waals surface area contributed by atoms with Gasteiger partial charge in [-0.1, -0.05) is 54.6 Å². The van der Waals surface area contributed by atoms with Gasteiger partial charge in [0.05, 0.1) is 13.2 Å². The number of nitrogens with zero attached hydrogens (tertiary/aromatic N) is 1. The van der Waals surface area contributed by atoms with Crippen molar-refractivity contribution >= 4 is 16.7 Å². The third-order valence-electron chi connectivity index (χ3n) is 5.11. The van der Waals surface area contributed by atoms with Gasteiger partial charge < -0.3 is 14.8 Å². The Bertz CT molecular complexity index is 950. The number of carbonyl (C=O) groups is 1. The number of hydrogen-bond donors (Lipinski definition) is 1. The number of carbonyl (C=O) groups excluding carboxylic acids is 1. The number of morpholine rings is 1. The fourth-order valence-electron chi connectivity index (χ4n) is 3.44. The highest BCUT2D eigenvalue weighted by Gasteiger charge is 2.10. The predicted molar refractivity (Wildman–Crippen MR) is 114 cm³/mol. The molecule has 0 atom stereocenters. The van der Waals surface area contributed by atoms with E-state index in [2.05, 4.69) is 40.5 Å². The molecule has 0 aliphatic carbocycles. The first-order valence-corrected chi connectivity index (χ1v) is 10.0. The van der Waals surface area contributed by atoms with Crippen molar-refractivity contribution < 1.29 is 14.3 Å². The van der Waals surface area contributed by atoms with Gasteiger partial charge in [-0.25, -0.2) is 0 Å². The summed E-state index contributed by atoms with van der Waals surface area (Å²) in [6, 6.07) is 22.3. The maximum absolute atomic E-state index is 12.1. The average molecular weight is 390 g/mol. The summed E-state index contributed by atoms with van der Waals surface area (Å²) in [7, 11) is 0. The third kappa shape index (κ3) is 5.56. The SMILES string of the molecule is O=C(COc1ccc2ccccc2c1)NCc1ccc(CN2CCOCC2)cc1. The highest BCUT2D eigenvalue weighted by atomic mass is 16.5. The molecule has 29 heavy (non-hydrogen) atoms. The summed E-state index contributed by atoms with van der Waals surface area (Å²) in [5.41, 5.74) is 2.36. The van der Waals surface area contributed by atoms with Gasteiger partial charge in [0.15, 0.2) is 6.61 Å². The molecule has 3 aromatic rings. The molecule has 1 amide bonds. The van der Waals surface area contributed by atoms with Crippen molar-refractivity contribution in [2.24, 2.45) is 0 Å². The first-order valence-electron chi connectivity index (χ1n) is 10.0. The highest BCUT2D eigenvalue weighted by molar-refractivity contribution is 5.84. The number of benzene rings is 3. The normalized spacial score (nSPS) is 14.6. The number of nitrogens with one attached hydrogen (secondary N) is 1. The van der Waals surface area contributed by atoms with Crippen molar-refractivity contribution in [3.63, 3.8) is 0 Å². The molecule has 5 nitrogen and oxygen atoms in total. The second kappa shape index (κ2) is 9.54. The number of hydrogen-bond acceptors (Lipinski definition) is 4. The Morgan fingerprint density at radius 2 is 1.66 bits per heavy atom. The second-order valence-corrected chi connectivity index (χ2v) is 7.28. The minimum absolute atomic E-state index is 0.00740. The summed E-state index contributed by atoms with van der Waals surface area (Å²) >= 11 is 0. The minimum Gasteiger partial charge on any atom is -0.484 e. The third-order valence-corrected chi connectivity index (χ3v) is 5.11. The number of amides is 1. The van der Waals surface area contributed by atoms with Crippen LogP contribution in [-0.4, -0.2) is 43.7 Å². The van der Waals surface area contributed by atoms with Crippen molar-refractivity contribution in [1.29, 1.82) is 0 Å². The van der Waals surface area contributed by atoms with Crippen molar-refractivity contribution in [1.82, 2.24) is 10.2 Å². The molecule has 1 N–H and O–H groups in total. The fourth-order valence-corrected chi connectivity index (χ4v) is 3.44. The molecule has 1 heterocycles. The van der Waals surface area contributed by atoms with E-state index in [1.54, 1.807) is 0 Å². The smallest absolute Gasteiger partial charge is 0.258 e. The lowest BCUT2D eigenvalue weighted by Crippen LogP contribution is -2.35. The number of fused-ring (bicyclic) bond motifs is 1. The van der Waals surface area contributed by atoms with E-state index in [1.807, 2.05) is 36.4 Å². The molecule has 0 bridgehead atoms. The molecule has 0 radical (unpaired) electrons. The fraction of sp³-hybridized carbons (Fsp3) is 0.292. The van der Waals surface area contributed by atoms with Gasteiger partial charge in [0.1, 0.15) is 5.75 Å². The molecule has 0 unspecified atom stereocenters. The molecule has 3 aromatic carbocycles. The van der Waals surface area contributed by atoms with Gasteiger partial charge in [-0.2, -0.15) is 0 Å². The van der Waals surface area contributed by atoms with E-state index in [9.17, 15) is 4.79 Å². The van der Waals surface area contributed by atoms with Gasteiger partial charge in [0, 0.05) is 26.2 Å². The van der Waals surface area contributed by atoms with E-state index in [-0.39, 0.29) is 12.5 Å². The Hall–Kier alpha value is -2.89. The van der Waals surface area contributed by atoms with E-state index in [0.29, 0.717) is 12.3 Å². The van der Waals surface area contributed by atoms with E-state index in [4.69, 9.17) is 9.47 Å². The van der Waals surface area contributed by atoms with Crippen LogP contribution < -0.4 is 10.1 Å². The van der Waals surface area contributed by atoms with Gasteiger partial charge in [-0.3, -0.25) is 9.69 Å². The van der Waals surface area contributed by atoms with Crippen LogP contribution in [0.2, 0.25) is 0 Å². The molecule has 0 aromatic heterocycles. The van der Waals surface area contributed by atoms with Crippen LogP contribution in [0, 0.1) is 0 Å². The Balaban J connectivity index is 1.22. The Labute approximate surface area is 171 Å². The van der Waals surface area contributed by atoms with E-state index >= 15 is 0 Å². The lowest BCUT2D eigenvalue weighted by molar-refractivity contribution is -0.123. The summed E-state index contributed by atoms with van der Waals surface area (Å²) in [6.45, 7) is 5.03. The molecular formula is C24H26N2O3. The molecular weight excluding hydrogens is 364 g/mol. The molecule has 1 saturated heterocycles. The first-order chi connectivity index (χ1) is 14.3. The average Bonchev–Trinajstić information content (AvgIpc) is 2.78. The van der Waals surface area contributed by atoms with E-state index in [1.165, 1.54) is 5.56 Å². The molecule has 0 spiro atoms. The Morgan fingerprint density at radius 3 is 2.45 bits per heavy atom. The zero-order valence-corrected chi connectivity index (χ0v) is 16.5. The van der Waals surface area contributed by atoms with Crippen LogP contribution in [0.25, 0.3) is 10.8 Å². The topological polar surface area (TPSA) is 50.8 Å². The van der Waals surface area contributed by atoms with Crippen LogP contribution in [0.1, 0.15) is 11.1 Å². The lowest BCUT2D eigenvalue weighted by Gasteiger charge is -2.26. The summed E-state index contributed by atoms with van der Waals surface area (Å²) in [5.74, 6) is 0.571. The number of rotatable bonds is 7. The molecule has 1 aliphatic rings. The van der Waals surface area contributed by atoms with Crippen LogP contribution in [0.15, 0.2) is 66.7 Å². The van der Waals surface area contributed by atoms with Gasteiger partial charge >= 0.3 is 0 Å². The van der Waals surface area contributed by atoms with Gasteiger partial charge in [-0.05, 0) is 34.0 Å². The molecule has 0 saturated carbocycles. The van der Waals surface area contributed by atoms with Crippen molar-refractivity contribution in [3.05, 3.63) is 77.9 Å². The summed E-state index contributed by atoms with van der Waals surface area (Å²) in [4.78, 5) is 14.5. The Kier molecular flexibility index (Phi) is 6.39. The van der Waals surface area contributed by atoms with Crippen LogP contribution in [0.4, 0.5) is 0 Å². The molecule has 4 rings (SSSR count). The van der Waals surface area contributed by atoms with Crippen LogP contribution in [0.5, 0.6) is 5.75 Å². The zero-order valence-electron chi connectivity index (χ0n) is 16.5. The predicted octanol–water partition coefficient (Wildman–Crippen LogP) is 3.37. The van der Waals surface area contributed by atoms with Crippen LogP contribution in [0.3, 0.4) is 0 Å². The Morgan fingerprint density at radius 1 is 0.931 bits per heavy atom. The van der Waals surface area contributed by atoms with Crippen molar-refractivity contribution in [2.75, 3.05) is 32.9 Å².